The molecule has 0 aliphatic rings. The maximum Gasteiger partial charge on any atom is 1.00 e. The zero-order valence-electron chi connectivity index (χ0n) is 19.5. The minimum atomic E-state index is -4.58. The second-order valence-corrected chi connectivity index (χ2v) is 8.80. The molecule has 4 rings (SSSR count). The molecular formula is C25H21N4NaO4S. The minimum absolute atomic E-state index is 0. The summed E-state index contributed by atoms with van der Waals surface area (Å²) in [7, 11) is -4.58. The molecule has 4 aromatic rings. The normalized spacial score (nSPS) is 11.7. The molecule has 172 valence electrons. The first-order chi connectivity index (χ1) is 16.3. The van der Waals surface area contributed by atoms with E-state index < -0.39 is 10.1 Å². The third kappa shape index (κ3) is 6.81. The van der Waals surface area contributed by atoms with Gasteiger partial charge in [-0.1, -0.05) is 30.3 Å². The maximum absolute atomic E-state index is 11.3. The van der Waals surface area contributed by atoms with Crippen molar-refractivity contribution in [3.63, 3.8) is 0 Å². The third-order valence-corrected chi connectivity index (χ3v) is 5.77. The Kier molecular flexibility index (Phi) is 8.87. The van der Waals surface area contributed by atoms with Crippen LogP contribution < -0.4 is 34.3 Å². The Morgan fingerprint density at radius 3 is 2.26 bits per heavy atom. The summed E-state index contributed by atoms with van der Waals surface area (Å²) in [6.45, 7) is 4.48. The van der Waals surface area contributed by atoms with Crippen molar-refractivity contribution in [3.05, 3.63) is 84.4 Å². The van der Waals surface area contributed by atoms with Crippen LogP contribution in [0.15, 0.2) is 104 Å². The molecule has 0 bridgehead atoms. The van der Waals surface area contributed by atoms with Gasteiger partial charge < -0.3 is 9.29 Å². The first-order valence-corrected chi connectivity index (χ1v) is 11.9. The molecule has 0 N–H and O–H groups in total. The predicted octanol–water partition coefficient (Wildman–Crippen LogP) is 4.29. The average Bonchev–Trinajstić information content (AvgIpc) is 2.82. The number of azo groups is 2. The van der Waals surface area contributed by atoms with Crippen LogP contribution in [0.5, 0.6) is 5.75 Å². The Labute approximate surface area is 225 Å². The second-order valence-electron chi connectivity index (χ2n) is 7.42. The molecule has 0 aliphatic heterocycles. The Morgan fingerprint density at radius 2 is 1.51 bits per heavy atom. The van der Waals surface area contributed by atoms with Crippen LogP contribution in [0.3, 0.4) is 0 Å². The van der Waals surface area contributed by atoms with Crippen LogP contribution in [0.2, 0.25) is 0 Å². The molecule has 0 aromatic heterocycles. The van der Waals surface area contributed by atoms with Crippen molar-refractivity contribution in [2.75, 3.05) is 6.61 Å². The topological polar surface area (TPSA) is 116 Å². The number of rotatable bonds is 7. The molecule has 0 spiro atoms. The maximum atomic E-state index is 11.3. The van der Waals surface area contributed by atoms with Crippen molar-refractivity contribution in [1.82, 2.24) is 0 Å². The molecule has 0 aliphatic carbocycles. The zero-order valence-corrected chi connectivity index (χ0v) is 22.4. The fraction of sp³-hybridized carbons (Fsp3) is 0.120. The molecule has 35 heavy (non-hydrogen) atoms. The van der Waals surface area contributed by atoms with Gasteiger partial charge in [0.1, 0.15) is 15.9 Å². The Morgan fingerprint density at radius 1 is 0.800 bits per heavy atom. The molecule has 0 amide bonds. The van der Waals surface area contributed by atoms with Crippen LogP contribution in [0.4, 0.5) is 22.7 Å². The van der Waals surface area contributed by atoms with E-state index >= 15 is 0 Å². The number of ether oxygens (including phenoxy) is 1. The van der Waals surface area contributed by atoms with E-state index in [2.05, 4.69) is 20.5 Å². The molecule has 0 heterocycles. The van der Waals surface area contributed by atoms with Gasteiger partial charge in [-0.15, -0.1) is 5.11 Å². The van der Waals surface area contributed by atoms with Crippen LogP contribution in [-0.2, 0) is 10.1 Å². The number of aryl methyl sites for hydroxylation is 1. The van der Waals surface area contributed by atoms with Gasteiger partial charge in [-0.25, -0.2) is 8.42 Å². The molecule has 0 fully saturated rings. The van der Waals surface area contributed by atoms with Gasteiger partial charge in [0.15, 0.2) is 0 Å². The molecule has 0 saturated heterocycles. The van der Waals surface area contributed by atoms with Crippen molar-refractivity contribution in [3.8, 4) is 5.75 Å². The standard InChI is InChI=1S/C25H22N4O4S.Na/c1-3-33-25-12-11-20(13-17(25)2)26-28-21-14-18-7-4-5-10-23(18)24(16-21)29-27-19-8-6-9-22(15-19)34(30,31)32;/h4-16H,3H2,1-2H3,(H,30,31,32);/q;+1/p-1. The van der Waals surface area contributed by atoms with Crippen LogP contribution in [0, 0.1) is 6.92 Å². The number of hydrogen-bond donors (Lipinski definition) is 0. The van der Waals surface area contributed by atoms with Crippen molar-refractivity contribution in [1.29, 1.82) is 0 Å². The molecule has 8 nitrogen and oxygen atoms in total. The minimum Gasteiger partial charge on any atom is -0.744 e. The number of benzene rings is 4. The summed E-state index contributed by atoms with van der Waals surface area (Å²) in [5.41, 5.74) is 3.01. The largest absolute Gasteiger partial charge is 1.00 e. The summed E-state index contributed by atoms with van der Waals surface area (Å²) >= 11 is 0. The SMILES string of the molecule is CCOc1ccc(N=Nc2cc(N=Nc3cccc(S(=O)(=O)[O-])c3)c3ccccc3c2)cc1C.[Na+]. The van der Waals surface area contributed by atoms with Gasteiger partial charge in [-0.2, -0.15) is 15.3 Å². The van der Waals surface area contributed by atoms with Crippen molar-refractivity contribution in [2.45, 2.75) is 18.7 Å². The molecular weight excluding hydrogens is 475 g/mol. The fourth-order valence-electron chi connectivity index (χ4n) is 3.36. The van der Waals surface area contributed by atoms with Gasteiger partial charge in [-0.3, -0.25) is 0 Å². The first-order valence-electron chi connectivity index (χ1n) is 10.5. The smallest absolute Gasteiger partial charge is 0.744 e. The second kappa shape index (κ2) is 11.7. The van der Waals surface area contributed by atoms with E-state index in [9.17, 15) is 13.0 Å². The van der Waals surface area contributed by atoms with Crippen molar-refractivity contribution < 1.29 is 47.3 Å². The summed E-state index contributed by atoms with van der Waals surface area (Å²) < 4.78 is 39.4. The summed E-state index contributed by atoms with van der Waals surface area (Å²) in [6.07, 6.45) is 0. The van der Waals surface area contributed by atoms with Gasteiger partial charge in [0.25, 0.3) is 0 Å². The van der Waals surface area contributed by atoms with E-state index in [4.69, 9.17) is 4.74 Å². The van der Waals surface area contributed by atoms with E-state index in [1.807, 2.05) is 62.4 Å². The van der Waals surface area contributed by atoms with Crippen molar-refractivity contribution in [2.24, 2.45) is 20.5 Å². The van der Waals surface area contributed by atoms with E-state index in [0.29, 0.717) is 23.7 Å². The monoisotopic (exact) mass is 496 g/mol. The van der Waals surface area contributed by atoms with Crippen LogP contribution in [-0.4, -0.2) is 19.6 Å². The Bertz CT molecular complexity index is 1520. The van der Waals surface area contributed by atoms with Crippen molar-refractivity contribution >= 4 is 43.6 Å². The molecule has 0 unspecified atom stereocenters. The molecule has 0 atom stereocenters. The predicted molar refractivity (Wildman–Crippen MR) is 129 cm³/mol. The fourth-order valence-corrected chi connectivity index (χ4v) is 3.87. The number of nitrogens with zero attached hydrogens (tertiary/aromatic N) is 4. The van der Waals surface area contributed by atoms with E-state index in [-0.39, 0.29) is 40.1 Å². The average molecular weight is 497 g/mol. The quantitative estimate of drug-likeness (QED) is 0.216. The van der Waals surface area contributed by atoms with Gasteiger partial charge >= 0.3 is 29.6 Å². The summed E-state index contributed by atoms with van der Waals surface area (Å²) in [4.78, 5) is -0.359. The van der Waals surface area contributed by atoms with E-state index in [1.54, 1.807) is 12.1 Å². The van der Waals surface area contributed by atoms with E-state index in [1.165, 1.54) is 18.2 Å². The van der Waals surface area contributed by atoms with Gasteiger partial charge in [-0.05, 0) is 73.3 Å². The number of hydrogen-bond acceptors (Lipinski definition) is 8. The molecule has 4 aromatic carbocycles. The summed E-state index contributed by atoms with van der Waals surface area (Å²) in [5.74, 6) is 0.809. The summed E-state index contributed by atoms with van der Waals surface area (Å²) in [6, 6.07) is 22.3. The van der Waals surface area contributed by atoms with Crippen LogP contribution in [0.25, 0.3) is 10.8 Å². The number of fused-ring (bicyclic) bond motifs is 1. The molecule has 10 heteroatoms. The first kappa shape index (κ1) is 26.7. The van der Waals surface area contributed by atoms with Crippen LogP contribution in [0.1, 0.15) is 12.5 Å². The molecule has 0 radical (unpaired) electrons. The Hall–Kier alpha value is -2.95. The summed E-state index contributed by atoms with van der Waals surface area (Å²) in [5, 5.41) is 18.9. The van der Waals surface area contributed by atoms with Gasteiger partial charge in [0.2, 0.25) is 0 Å². The van der Waals surface area contributed by atoms with Crippen LogP contribution >= 0.6 is 0 Å². The zero-order chi connectivity index (χ0) is 24.1. The van der Waals surface area contributed by atoms with E-state index in [0.717, 1.165) is 22.1 Å². The van der Waals surface area contributed by atoms with Gasteiger partial charge in [0, 0.05) is 5.39 Å². The Balaban J connectivity index is 0.00000342. The molecule has 0 saturated carbocycles. The third-order valence-electron chi connectivity index (χ3n) is 4.94. The van der Waals surface area contributed by atoms with Gasteiger partial charge in [0.05, 0.1) is 34.3 Å².